The van der Waals surface area contributed by atoms with E-state index in [4.69, 9.17) is 9.05 Å². The number of pyridine rings is 2. The van der Waals surface area contributed by atoms with E-state index in [0.717, 1.165) is 19.1 Å². The minimum Gasteiger partial charge on any atom is -0.505 e. The molecule has 2 aromatic rings. The van der Waals surface area contributed by atoms with Gasteiger partial charge in [0.2, 0.25) is 0 Å². The van der Waals surface area contributed by atoms with E-state index in [1.165, 1.54) is 13.8 Å². The summed E-state index contributed by atoms with van der Waals surface area (Å²) in [6, 6.07) is 0. The third-order valence-electron chi connectivity index (χ3n) is 3.24. The zero-order chi connectivity index (χ0) is 18.8. The molecular formula is C15H15N2O7P. The Hall–Kier alpha value is -2.93. The van der Waals surface area contributed by atoms with E-state index in [1.54, 1.807) is 0 Å². The highest BCUT2D eigenvalue weighted by molar-refractivity contribution is 7.53. The molecule has 0 aliphatic carbocycles. The highest BCUT2D eigenvalue weighted by Gasteiger charge is 2.26. The molecule has 0 bridgehead atoms. The second-order valence-corrected chi connectivity index (χ2v) is 7.04. The van der Waals surface area contributed by atoms with E-state index in [0.29, 0.717) is 12.6 Å². The molecule has 9 nitrogen and oxygen atoms in total. The number of hydrogen-bond donors (Lipinski definition) is 2. The number of aromatic hydroxyl groups is 2. The van der Waals surface area contributed by atoms with E-state index in [1.807, 2.05) is 0 Å². The quantitative estimate of drug-likeness (QED) is 0.583. The van der Waals surface area contributed by atoms with Gasteiger partial charge in [0, 0.05) is 0 Å². The summed E-state index contributed by atoms with van der Waals surface area (Å²) in [5, 5.41) is 19.6. The van der Waals surface area contributed by atoms with E-state index in [9.17, 15) is 24.4 Å². The van der Waals surface area contributed by atoms with Gasteiger partial charge in [0.15, 0.2) is 35.6 Å². The van der Waals surface area contributed by atoms with E-state index in [2.05, 4.69) is 9.97 Å². The van der Waals surface area contributed by atoms with Gasteiger partial charge in [0.1, 0.15) is 11.1 Å². The monoisotopic (exact) mass is 366 g/mol. The second-order valence-electron chi connectivity index (χ2n) is 5.13. The van der Waals surface area contributed by atoms with Crippen molar-refractivity contribution >= 4 is 20.2 Å². The van der Waals surface area contributed by atoms with Crippen molar-refractivity contribution in [1.82, 2.24) is 9.97 Å². The number of aldehydes is 2. The van der Waals surface area contributed by atoms with Gasteiger partial charge in [-0.2, -0.15) is 0 Å². The Morgan fingerprint density at radius 2 is 1.28 bits per heavy atom. The Bertz CT molecular complexity index is 828. The normalized spacial score (nSPS) is 11.0. The van der Waals surface area contributed by atoms with Crippen molar-refractivity contribution in [3.8, 4) is 23.0 Å². The van der Waals surface area contributed by atoms with Gasteiger partial charge < -0.3 is 19.3 Å². The zero-order valence-corrected chi connectivity index (χ0v) is 14.5. The van der Waals surface area contributed by atoms with Crippen molar-refractivity contribution in [2.75, 3.05) is 6.66 Å². The number of carbonyl (C=O) groups excluding carboxylic acids is 2. The van der Waals surface area contributed by atoms with Crippen LogP contribution in [-0.4, -0.2) is 39.4 Å². The van der Waals surface area contributed by atoms with E-state index < -0.39 is 19.1 Å². The van der Waals surface area contributed by atoms with Gasteiger partial charge in [-0.25, -0.2) is 4.57 Å². The second kappa shape index (κ2) is 6.90. The molecule has 0 aliphatic heterocycles. The lowest BCUT2D eigenvalue weighted by molar-refractivity contribution is 0.111. The van der Waals surface area contributed by atoms with Gasteiger partial charge >= 0.3 is 7.60 Å². The molecule has 2 rings (SSSR count). The van der Waals surface area contributed by atoms with Crippen molar-refractivity contribution in [3.63, 3.8) is 0 Å². The van der Waals surface area contributed by atoms with E-state index in [-0.39, 0.29) is 34.0 Å². The van der Waals surface area contributed by atoms with Crippen LogP contribution in [-0.2, 0) is 4.57 Å². The van der Waals surface area contributed by atoms with Crippen molar-refractivity contribution in [1.29, 1.82) is 0 Å². The molecule has 0 spiro atoms. The van der Waals surface area contributed by atoms with Crippen LogP contribution < -0.4 is 9.05 Å². The first-order valence-electron chi connectivity index (χ1n) is 6.94. The average molecular weight is 366 g/mol. The Balaban J connectivity index is 2.38. The molecule has 0 amide bonds. The van der Waals surface area contributed by atoms with Crippen LogP contribution in [0.25, 0.3) is 0 Å². The van der Waals surface area contributed by atoms with E-state index >= 15 is 0 Å². The van der Waals surface area contributed by atoms with Crippen LogP contribution in [0.15, 0.2) is 12.4 Å². The zero-order valence-electron chi connectivity index (χ0n) is 13.6. The maximum atomic E-state index is 12.6. The molecular weight excluding hydrogens is 351 g/mol. The Labute approximate surface area is 142 Å². The molecule has 0 aromatic carbocycles. The Morgan fingerprint density at radius 3 is 1.60 bits per heavy atom. The highest BCUT2D eigenvalue weighted by Crippen LogP contribution is 2.47. The lowest BCUT2D eigenvalue weighted by Crippen LogP contribution is -2.04. The van der Waals surface area contributed by atoms with Crippen LogP contribution in [0.2, 0.25) is 0 Å². The maximum Gasteiger partial charge on any atom is 0.427 e. The predicted octanol–water partition coefficient (Wildman–Crippen LogP) is 2.41. The van der Waals surface area contributed by atoms with Gasteiger partial charge in [0.25, 0.3) is 0 Å². The molecule has 10 heteroatoms. The summed E-state index contributed by atoms with van der Waals surface area (Å²) in [5.74, 6) is -1.31. The summed E-state index contributed by atoms with van der Waals surface area (Å²) in [6.45, 7) is 4.04. The molecule has 0 atom stereocenters. The number of hydrogen-bond acceptors (Lipinski definition) is 9. The van der Waals surface area contributed by atoms with Crippen molar-refractivity contribution < 1.29 is 33.4 Å². The fraction of sp³-hybridized carbons (Fsp3) is 0.200. The smallest absolute Gasteiger partial charge is 0.427 e. The van der Waals surface area contributed by atoms with Gasteiger partial charge in [-0.15, -0.1) is 0 Å². The molecule has 25 heavy (non-hydrogen) atoms. The van der Waals surface area contributed by atoms with Crippen LogP contribution in [0.4, 0.5) is 0 Å². The first kappa shape index (κ1) is 18.4. The molecule has 0 unspecified atom stereocenters. The van der Waals surface area contributed by atoms with Crippen LogP contribution >= 0.6 is 7.60 Å². The highest BCUT2D eigenvalue weighted by atomic mass is 31.2. The topological polar surface area (TPSA) is 136 Å². The minimum atomic E-state index is -3.91. The first-order chi connectivity index (χ1) is 11.7. The third kappa shape index (κ3) is 3.77. The summed E-state index contributed by atoms with van der Waals surface area (Å²) < 4.78 is 23.0. The fourth-order valence-electron chi connectivity index (χ4n) is 1.94. The number of aromatic nitrogens is 2. The third-order valence-corrected chi connectivity index (χ3v) is 4.30. The van der Waals surface area contributed by atoms with Crippen LogP contribution in [0.5, 0.6) is 23.0 Å². The molecule has 0 fully saturated rings. The fourth-order valence-corrected chi connectivity index (χ4v) is 2.99. The molecule has 0 saturated carbocycles. The summed E-state index contributed by atoms with van der Waals surface area (Å²) in [7, 11) is -3.91. The molecule has 0 aliphatic rings. The number of rotatable bonds is 6. The minimum absolute atomic E-state index is 0.192. The summed E-state index contributed by atoms with van der Waals surface area (Å²) in [6.07, 6.45) is 2.89. The number of carbonyl (C=O) groups is 2. The number of nitrogens with zero attached hydrogens (tertiary/aromatic N) is 2. The summed E-state index contributed by atoms with van der Waals surface area (Å²) in [5.41, 5.74) is -0.0910. The Morgan fingerprint density at radius 1 is 0.920 bits per heavy atom. The first-order valence-corrected chi connectivity index (χ1v) is 8.93. The number of aryl methyl sites for hydroxylation is 2. The van der Waals surface area contributed by atoms with Crippen LogP contribution in [0.3, 0.4) is 0 Å². The molecule has 2 heterocycles. The Kier molecular flexibility index (Phi) is 5.08. The summed E-state index contributed by atoms with van der Waals surface area (Å²) >= 11 is 0. The van der Waals surface area contributed by atoms with Crippen LogP contribution in [0, 0.1) is 13.8 Å². The van der Waals surface area contributed by atoms with Gasteiger partial charge in [0.05, 0.1) is 30.4 Å². The molecule has 2 aromatic heterocycles. The SMILES string of the molecule is Cc1ncc(OP(C)(=O)Oc2cnc(C)c(O)c2C=O)c(C=O)c1O. The molecule has 0 radical (unpaired) electrons. The van der Waals surface area contributed by atoms with Gasteiger partial charge in [-0.1, -0.05) is 0 Å². The maximum absolute atomic E-state index is 12.6. The lowest BCUT2D eigenvalue weighted by atomic mass is 10.2. The van der Waals surface area contributed by atoms with Crippen molar-refractivity contribution in [3.05, 3.63) is 34.9 Å². The van der Waals surface area contributed by atoms with Gasteiger partial charge in [-0.3, -0.25) is 19.6 Å². The average Bonchev–Trinajstić information content (AvgIpc) is 2.55. The van der Waals surface area contributed by atoms with Crippen LogP contribution in [0.1, 0.15) is 32.1 Å². The summed E-state index contributed by atoms with van der Waals surface area (Å²) in [4.78, 5) is 29.9. The van der Waals surface area contributed by atoms with Gasteiger partial charge in [-0.05, 0) is 13.8 Å². The van der Waals surface area contributed by atoms with Crippen molar-refractivity contribution in [2.45, 2.75) is 13.8 Å². The standard InChI is InChI=1S/C15H15N2O7P/c1-8-14(20)10(6-18)12(4-16-8)23-25(3,22)24-13-5-17-9(2)15(21)11(13)7-19/h4-7,20-21H,1-3H3. The molecule has 2 N–H and O–H groups in total. The van der Waals surface area contributed by atoms with Crippen molar-refractivity contribution in [2.24, 2.45) is 0 Å². The largest absolute Gasteiger partial charge is 0.505 e. The lowest BCUT2D eigenvalue weighted by Gasteiger charge is -2.18. The predicted molar refractivity (Wildman–Crippen MR) is 86.8 cm³/mol. The molecule has 132 valence electrons. The molecule has 0 saturated heterocycles.